The average molecular weight is 456 g/mol. The molecule has 156 valence electrons. The third kappa shape index (κ3) is 4.58. The molecule has 2 atom stereocenters. The number of ether oxygens (including phenoxy) is 1. The molecule has 1 aromatic rings. The van der Waals surface area contributed by atoms with Crippen molar-refractivity contribution >= 4 is 11.9 Å². The first-order valence-corrected chi connectivity index (χ1v) is 9.93. The van der Waals surface area contributed by atoms with E-state index in [1.807, 2.05) is 18.2 Å². The molecule has 1 saturated carbocycles. The summed E-state index contributed by atoms with van der Waals surface area (Å²) in [6.07, 6.45) is 4.90. The van der Waals surface area contributed by atoms with Crippen LogP contribution in [0.25, 0.3) is 0 Å². The zero-order valence-electron chi connectivity index (χ0n) is 16.6. The fourth-order valence-corrected chi connectivity index (χ4v) is 4.52. The molecule has 0 bridgehead atoms. The van der Waals surface area contributed by atoms with Crippen molar-refractivity contribution in [1.29, 1.82) is 0 Å². The van der Waals surface area contributed by atoms with E-state index in [0.717, 1.165) is 31.2 Å². The van der Waals surface area contributed by atoms with Crippen LogP contribution in [0, 0.1) is 0 Å². The first-order valence-electron chi connectivity index (χ1n) is 9.93. The number of carbonyl (C=O) groups excluding carboxylic acids is 2. The van der Waals surface area contributed by atoms with Gasteiger partial charge >= 0.3 is 11.9 Å². The number of hydrogen-bond donors (Lipinski definition) is 1. The summed E-state index contributed by atoms with van der Waals surface area (Å²) >= 11 is 0. The maximum Gasteiger partial charge on any atom is 0.399 e. The highest BCUT2D eigenvalue weighted by atomic mass is 79.9. The topological polar surface area (TPSA) is 72.8 Å². The van der Waals surface area contributed by atoms with Crippen LogP contribution < -0.4 is 17.0 Å². The summed E-state index contributed by atoms with van der Waals surface area (Å²) in [4.78, 5) is 30.7. The molecule has 1 heterocycles. The Bertz CT molecular complexity index is 683. The van der Waals surface area contributed by atoms with Gasteiger partial charge in [0.05, 0.1) is 7.11 Å². The van der Waals surface area contributed by atoms with Gasteiger partial charge in [-0.05, 0) is 29.9 Å². The molecule has 0 amide bonds. The van der Waals surface area contributed by atoms with E-state index >= 15 is 0 Å². The Balaban J connectivity index is 0.00000280. The number of aliphatic hydroxyl groups is 1. The third-order valence-electron chi connectivity index (χ3n) is 6.15. The summed E-state index contributed by atoms with van der Waals surface area (Å²) < 4.78 is 4.75. The number of likely N-dealkylation sites (tertiary alicyclic amines) is 1. The number of rotatable bonds is 6. The summed E-state index contributed by atoms with van der Waals surface area (Å²) in [5, 5.41) is 10.8. The zero-order valence-corrected chi connectivity index (χ0v) is 18.2. The van der Waals surface area contributed by atoms with Gasteiger partial charge in [-0.15, -0.1) is 4.65 Å². The van der Waals surface area contributed by atoms with Crippen LogP contribution in [0.15, 0.2) is 24.3 Å². The smallest absolute Gasteiger partial charge is 0.399 e. The minimum atomic E-state index is -1.35. The monoisotopic (exact) mass is 455 g/mol. The number of halogens is 1. The average Bonchev–Trinajstić information content (AvgIpc) is 3.39. The Hall–Kier alpha value is -1.44. The highest BCUT2D eigenvalue weighted by Gasteiger charge is 2.48. The third-order valence-corrected chi connectivity index (χ3v) is 6.15. The summed E-state index contributed by atoms with van der Waals surface area (Å²) in [6.45, 7) is 2.82. The molecule has 2 aliphatic rings. The number of hydroxylamine groups is 3. The quantitative estimate of drug-likeness (QED) is 0.483. The molecule has 1 unspecified atom stereocenters. The van der Waals surface area contributed by atoms with E-state index in [-0.39, 0.29) is 21.6 Å². The van der Waals surface area contributed by atoms with E-state index in [1.54, 1.807) is 13.0 Å². The largest absolute Gasteiger partial charge is 1.00 e. The van der Waals surface area contributed by atoms with Gasteiger partial charge in [0, 0.05) is 19.8 Å². The summed E-state index contributed by atoms with van der Waals surface area (Å²) in [6, 6.07) is 6.97. The standard InChI is InChI=1S/C21H30NO5.BrH/c1-15(20(24)26-2)22(13-7-8-14-22)27-21(25)19(23)18-12-6-5-11-17(18)16-9-3-4-10-16;/h5-6,11-12,15-16,19,23H,3-4,7-10,13-14H2,1-2H3;1H/q+1;/p-1/t15?,19-;/m1./s1. The number of esters is 1. The fourth-order valence-electron chi connectivity index (χ4n) is 4.52. The fraction of sp³-hybridized carbons (Fsp3) is 0.619. The Kier molecular flexibility index (Phi) is 8.04. The Morgan fingerprint density at radius 1 is 1.07 bits per heavy atom. The molecule has 1 aliphatic carbocycles. The maximum absolute atomic E-state index is 12.8. The Morgan fingerprint density at radius 2 is 1.68 bits per heavy atom. The highest BCUT2D eigenvalue weighted by Crippen LogP contribution is 2.38. The van der Waals surface area contributed by atoms with Gasteiger partial charge in [0.1, 0.15) is 13.1 Å². The maximum atomic E-state index is 12.8. The number of methoxy groups -OCH3 is 1. The second kappa shape index (κ2) is 9.85. The van der Waals surface area contributed by atoms with Crippen molar-refractivity contribution < 1.29 is 45.9 Å². The number of hydrogen-bond acceptors (Lipinski definition) is 5. The first-order chi connectivity index (χ1) is 13.0. The van der Waals surface area contributed by atoms with Gasteiger partial charge in [-0.25, -0.2) is 9.59 Å². The zero-order chi connectivity index (χ0) is 19.4. The second-order valence-electron chi connectivity index (χ2n) is 7.73. The number of nitrogens with zero attached hydrogens (tertiary/aromatic N) is 1. The van der Waals surface area contributed by atoms with Crippen molar-refractivity contribution in [3.63, 3.8) is 0 Å². The van der Waals surface area contributed by atoms with Gasteiger partial charge in [0.25, 0.3) is 0 Å². The first kappa shape index (κ1) is 22.8. The molecule has 0 spiro atoms. The van der Waals surface area contributed by atoms with Crippen LogP contribution in [0.1, 0.15) is 68.6 Å². The van der Waals surface area contributed by atoms with Crippen molar-refractivity contribution in [1.82, 2.24) is 0 Å². The van der Waals surface area contributed by atoms with Gasteiger partial charge in [-0.3, -0.25) is 4.84 Å². The van der Waals surface area contributed by atoms with Gasteiger partial charge < -0.3 is 26.8 Å². The van der Waals surface area contributed by atoms with Crippen LogP contribution in [0.4, 0.5) is 0 Å². The summed E-state index contributed by atoms with van der Waals surface area (Å²) in [7, 11) is 1.33. The van der Waals surface area contributed by atoms with Gasteiger partial charge in [-0.1, -0.05) is 37.1 Å². The molecule has 2 fully saturated rings. The predicted molar refractivity (Wildman–Crippen MR) is 99.4 cm³/mol. The minimum absolute atomic E-state index is 0. The van der Waals surface area contributed by atoms with E-state index in [4.69, 9.17) is 9.57 Å². The molecule has 1 saturated heterocycles. The van der Waals surface area contributed by atoms with Crippen LogP contribution in [-0.2, 0) is 19.2 Å². The van der Waals surface area contributed by atoms with Crippen LogP contribution in [-0.4, -0.2) is 47.9 Å². The lowest BCUT2D eigenvalue weighted by Gasteiger charge is -2.34. The van der Waals surface area contributed by atoms with E-state index in [1.165, 1.54) is 20.0 Å². The van der Waals surface area contributed by atoms with Gasteiger partial charge in [0.15, 0.2) is 6.10 Å². The molecular formula is C21H30BrNO5. The van der Waals surface area contributed by atoms with Crippen molar-refractivity contribution in [3.8, 4) is 0 Å². The van der Waals surface area contributed by atoms with Gasteiger partial charge in [-0.2, -0.15) is 0 Å². The number of quaternary nitrogens is 1. The lowest BCUT2D eigenvalue weighted by molar-refractivity contribution is -1.09. The molecule has 3 rings (SSSR count). The van der Waals surface area contributed by atoms with Crippen molar-refractivity contribution in [3.05, 3.63) is 35.4 Å². The highest BCUT2D eigenvalue weighted by molar-refractivity contribution is 5.77. The molecule has 28 heavy (non-hydrogen) atoms. The normalized spacial score (nSPS) is 20.8. The number of aliphatic hydroxyl groups excluding tert-OH is 1. The lowest BCUT2D eigenvalue weighted by Crippen LogP contribution is -3.00. The SMILES string of the molecule is COC(=O)C(C)[N+]1(OC(=O)[C@H](O)c2ccccc2C2CCCC2)CCCC1.[Br-]. The number of carbonyl (C=O) groups is 2. The molecule has 1 aliphatic heterocycles. The van der Waals surface area contributed by atoms with Crippen molar-refractivity contribution in [2.45, 2.75) is 63.5 Å². The Morgan fingerprint density at radius 3 is 2.29 bits per heavy atom. The van der Waals surface area contributed by atoms with E-state index in [9.17, 15) is 14.7 Å². The molecule has 1 aromatic carbocycles. The second-order valence-corrected chi connectivity index (χ2v) is 7.73. The molecule has 1 N–H and O–H groups in total. The van der Waals surface area contributed by atoms with E-state index in [0.29, 0.717) is 24.6 Å². The van der Waals surface area contributed by atoms with Crippen molar-refractivity contribution in [2.75, 3.05) is 20.2 Å². The molecule has 7 heteroatoms. The molecule has 0 radical (unpaired) electrons. The van der Waals surface area contributed by atoms with Crippen LogP contribution in [0.3, 0.4) is 0 Å². The minimum Gasteiger partial charge on any atom is -1.00 e. The predicted octanol–water partition coefficient (Wildman–Crippen LogP) is 0.0119. The van der Waals surface area contributed by atoms with Crippen LogP contribution in [0.5, 0.6) is 0 Å². The van der Waals surface area contributed by atoms with E-state index in [2.05, 4.69) is 0 Å². The molecule has 6 nitrogen and oxygen atoms in total. The summed E-state index contributed by atoms with van der Waals surface area (Å²) in [5.74, 6) is -0.726. The molecular weight excluding hydrogens is 426 g/mol. The Labute approximate surface area is 177 Å². The van der Waals surface area contributed by atoms with Gasteiger partial charge in [0.2, 0.25) is 6.04 Å². The van der Waals surface area contributed by atoms with E-state index < -0.39 is 24.1 Å². The van der Waals surface area contributed by atoms with Crippen molar-refractivity contribution in [2.24, 2.45) is 0 Å². The van der Waals surface area contributed by atoms with Crippen LogP contribution >= 0.6 is 0 Å². The number of benzene rings is 1. The lowest BCUT2D eigenvalue weighted by atomic mass is 9.90. The summed E-state index contributed by atoms with van der Waals surface area (Å²) in [5.41, 5.74) is 1.66. The molecule has 0 aromatic heterocycles. The van der Waals surface area contributed by atoms with Crippen LogP contribution in [0.2, 0.25) is 0 Å².